The number of rotatable bonds is 5. The maximum Gasteiger partial charge on any atom is 0.422 e. The van der Waals surface area contributed by atoms with E-state index in [-0.39, 0.29) is 12.2 Å². The fraction of sp³-hybridized carbons (Fsp3) is 0.889. The van der Waals surface area contributed by atoms with Crippen molar-refractivity contribution in [3.05, 3.63) is 0 Å². The van der Waals surface area contributed by atoms with Crippen LogP contribution in [0.15, 0.2) is 0 Å². The predicted molar refractivity (Wildman–Crippen MR) is 60.1 cm³/mol. The largest absolute Gasteiger partial charge is 0.446 e. The fourth-order valence-electron chi connectivity index (χ4n) is 1.51. The minimum atomic E-state index is -4.01. The van der Waals surface area contributed by atoms with Gasteiger partial charge in [0.25, 0.3) is 0 Å². The molecule has 1 fully saturated rings. The number of carbonyl (C=O) groups excluding carboxylic acids is 1. The second kappa shape index (κ2) is 6.18. The number of amides is 1. The van der Waals surface area contributed by atoms with Crippen molar-refractivity contribution in [2.24, 2.45) is 0 Å². The van der Waals surface area contributed by atoms with Crippen LogP contribution in [-0.2, 0) is 19.8 Å². The monoisotopic (exact) mass is 266 g/mol. The summed E-state index contributed by atoms with van der Waals surface area (Å²) in [6, 6.07) is 0. The highest BCUT2D eigenvalue weighted by atomic mass is 32.2. The first kappa shape index (κ1) is 14.2. The molecule has 7 nitrogen and oxygen atoms in total. The molecule has 0 bridgehead atoms. The Morgan fingerprint density at radius 2 is 1.88 bits per heavy atom. The first-order valence-corrected chi connectivity index (χ1v) is 7.03. The summed E-state index contributed by atoms with van der Waals surface area (Å²) < 4.78 is 29.0. The Bertz CT molecular complexity index is 348. The van der Waals surface area contributed by atoms with Gasteiger partial charge in [-0.1, -0.05) is 17.7 Å². The van der Waals surface area contributed by atoms with Gasteiger partial charge in [-0.2, -0.15) is 8.42 Å². The third-order valence-corrected chi connectivity index (χ3v) is 2.94. The van der Waals surface area contributed by atoms with Crippen LogP contribution in [0.2, 0.25) is 0 Å². The molecule has 1 aliphatic rings. The molecule has 0 atom stereocenters. The van der Waals surface area contributed by atoms with Gasteiger partial charge in [-0.05, 0) is 26.7 Å². The zero-order valence-electron chi connectivity index (χ0n) is 9.93. The average Bonchev–Trinajstić information content (AvgIpc) is 2.64. The molecule has 1 rings (SSSR count). The van der Waals surface area contributed by atoms with Crippen LogP contribution in [0.4, 0.5) is 4.79 Å². The van der Waals surface area contributed by atoms with E-state index in [0.717, 1.165) is 25.7 Å². The second-order valence-electron chi connectivity index (χ2n) is 4.17. The molecule has 0 aliphatic heterocycles. The van der Waals surface area contributed by atoms with Crippen molar-refractivity contribution < 1.29 is 22.8 Å². The molecule has 0 spiro atoms. The van der Waals surface area contributed by atoms with E-state index in [9.17, 15) is 13.2 Å². The minimum absolute atomic E-state index is 0.118. The van der Waals surface area contributed by atoms with E-state index in [1.165, 1.54) is 0 Å². The van der Waals surface area contributed by atoms with Gasteiger partial charge in [0.05, 0.1) is 12.2 Å². The lowest BCUT2D eigenvalue weighted by atomic mass is 10.3. The maximum atomic E-state index is 11.3. The number of ether oxygens (including phenoxy) is 1. The lowest BCUT2D eigenvalue weighted by molar-refractivity contribution is 0.0214. The maximum absolute atomic E-state index is 11.3. The molecule has 1 saturated carbocycles. The Kier molecular flexibility index (Phi) is 5.16. The van der Waals surface area contributed by atoms with E-state index in [1.54, 1.807) is 18.6 Å². The molecule has 8 heteroatoms. The van der Waals surface area contributed by atoms with Gasteiger partial charge in [-0.15, -0.1) is 0 Å². The Morgan fingerprint density at radius 3 is 2.41 bits per heavy atom. The normalized spacial score (nSPS) is 17.4. The summed E-state index contributed by atoms with van der Waals surface area (Å²) in [5.74, 6) is 0. The highest BCUT2D eigenvalue weighted by molar-refractivity contribution is 7.87. The van der Waals surface area contributed by atoms with Gasteiger partial charge in [0.15, 0.2) is 0 Å². The molecule has 1 amide bonds. The fourth-order valence-corrected chi connectivity index (χ4v) is 2.08. The van der Waals surface area contributed by atoms with Gasteiger partial charge in [0.1, 0.15) is 0 Å². The van der Waals surface area contributed by atoms with E-state index in [0.29, 0.717) is 0 Å². The van der Waals surface area contributed by atoms with Gasteiger partial charge in [0.2, 0.25) is 0 Å². The summed E-state index contributed by atoms with van der Waals surface area (Å²) in [6.45, 7) is 3.24. The van der Waals surface area contributed by atoms with Crippen molar-refractivity contribution >= 4 is 16.3 Å². The third kappa shape index (κ3) is 5.85. The number of hydrogen-bond donors (Lipinski definition) is 2. The van der Waals surface area contributed by atoms with Crippen LogP contribution in [0, 0.1) is 0 Å². The summed E-state index contributed by atoms with van der Waals surface area (Å²) in [4.78, 5) is 17.9. The molecule has 0 radical (unpaired) electrons. The highest BCUT2D eigenvalue weighted by Crippen LogP contribution is 2.19. The second-order valence-corrected chi connectivity index (χ2v) is 5.54. The van der Waals surface area contributed by atoms with Crippen molar-refractivity contribution in [1.29, 1.82) is 0 Å². The number of nitrogens with one attached hydrogen (secondary N) is 2. The quantitative estimate of drug-likeness (QED) is 0.719. The third-order valence-electron chi connectivity index (χ3n) is 2.19. The van der Waals surface area contributed by atoms with Gasteiger partial charge < -0.3 is 4.74 Å². The molecular formula is C9H18N2O5S. The van der Waals surface area contributed by atoms with Crippen LogP contribution in [0.1, 0.15) is 39.5 Å². The van der Waals surface area contributed by atoms with Gasteiger partial charge in [0, 0.05) is 0 Å². The summed E-state index contributed by atoms with van der Waals surface area (Å²) in [5.41, 5.74) is 0. The van der Waals surface area contributed by atoms with Gasteiger partial charge >= 0.3 is 16.3 Å². The van der Waals surface area contributed by atoms with E-state index in [4.69, 9.17) is 4.84 Å². The van der Waals surface area contributed by atoms with Crippen molar-refractivity contribution in [3.63, 3.8) is 0 Å². The highest BCUT2D eigenvalue weighted by Gasteiger charge is 2.21. The van der Waals surface area contributed by atoms with Gasteiger partial charge in [-0.25, -0.2) is 9.52 Å². The van der Waals surface area contributed by atoms with Crippen molar-refractivity contribution in [2.45, 2.75) is 51.7 Å². The first-order chi connectivity index (χ1) is 7.89. The lowest BCUT2D eigenvalue weighted by Gasteiger charge is -2.13. The standard InChI is InChI=1S/C9H18N2O5S/c1-7(2)15-9(12)10-17(13,14)11-16-8-5-3-4-6-8/h7-8,11H,3-6H2,1-2H3,(H,10,12). The summed E-state index contributed by atoms with van der Waals surface area (Å²) in [5, 5.41) is 0. The molecule has 17 heavy (non-hydrogen) atoms. The van der Waals surface area contributed by atoms with Crippen LogP contribution in [0.5, 0.6) is 0 Å². The van der Waals surface area contributed by atoms with Crippen LogP contribution >= 0.6 is 0 Å². The van der Waals surface area contributed by atoms with E-state index in [2.05, 4.69) is 4.74 Å². The number of hydrogen-bond acceptors (Lipinski definition) is 5. The molecule has 0 aromatic rings. The molecule has 0 aromatic heterocycles. The Balaban J connectivity index is 2.32. The zero-order chi connectivity index (χ0) is 12.9. The molecule has 2 N–H and O–H groups in total. The van der Waals surface area contributed by atoms with Crippen molar-refractivity contribution in [3.8, 4) is 0 Å². The predicted octanol–water partition coefficient (Wildman–Crippen LogP) is 0.830. The molecule has 0 aromatic carbocycles. The molecular weight excluding hydrogens is 248 g/mol. The molecule has 0 heterocycles. The van der Waals surface area contributed by atoms with E-state index in [1.807, 2.05) is 4.89 Å². The lowest BCUT2D eigenvalue weighted by Crippen LogP contribution is -2.42. The van der Waals surface area contributed by atoms with Crippen LogP contribution in [0.25, 0.3) is 0 Å². The van der Waals surface area contributed by atoms with Crippen LogP contribution in [-0.4, -0.2) is 26.7 Å². The SMILES string of the molecule is CC(C)OC(=O)NS(=O)(=O)NOC1CCCC1. The van der Waals surface area contributed by atoms with Crippen molar-refractivity contribution in [1.82, 2.24) is 9.61 Å². The Morgan fingerprint density at radius 1 is 1.29 bits per heavy atom. The molecule has 0 unspecified atom stereocenters. The summed E-state index contributed by atoms with van der Waals surface area (Å²) >= 11 is 0. The van der Waals surface area contributed by atoms with Gasteiger partial charge in [-0.3, -0.25) is 4.84 Å². The number of carbonyl (C=O) groups is 1. The van der Waals surface area contributed by atoms with Crippen LogP contribution in [0.3, 0.4) is 0 Å². The molecule has 1 aliphatic carbocycles. The Labute approximate surface area is 101 Å². The first-order valence-electron chi connectivity index (χ1n) is 5.55. The zero-order valence-corrected chi connectivity index (χ0v) is 10.7. The smallest absolute Gasteiger partial charge is 0.422 e. The van der Waals surface area contributed by atoms with Crippen LogP contribution < -0.4 is 9.61 Å². The Hall–Kier alpha value is -0.860. The molecule has 0 saturated heterocycles. The van der Waals surface area contributed by atoms with Crippen molar-refractivity contribution in [2.75, 3.05) is 0 Å². The molecule has 100 valence electrons. The van der Waals surface area contributed by atoms with E-state index < -0.39 is 16.3 Å². The van der Waals surface area contributed by atoms with E-state index >= 15 is 0 Å². The topological polar surface area (TPSA) is 93.7 Å². The average molecular weight is 266 g/mol. The summed E-state index contributed by atoms with van der Waals surface area (Å²) in [7, 11) is -4.01. The summed E-state index contributed by atoms with van der Waals surface area (Å²) in [6.07, 6.45) is 2.15. The minimum Gasteiger partial charge on any atom is -0.446 e.